The molecule has 0 aliphatic carbocycles. The van der Waals surface area contributed by atoms with E-state index in [0.29, 0.717) is 0 Å². The number of rotatable bonds is 6. The van der Waals surface area contributed by atoms with Gasteiger partial charge in [-0.3, -0.25) is 0 Å². The summed E-state index contributed by atoms with van der Waals surface area (Å²) in [5.74, 6) is 1.70. The van der Waals surface area contributed by atoms with E-state index in [-0.39, 0.29) is 0 Å². The summed E-state index contributed by atoms with van der Waals surface area (Å²) in [4.78, 5) is 0. The van der Waals surface area contributed by atoms with Crippen LogP contribution in [0.2, 0.25) is 0 Å². The average Bonchev–Trinajstić information content (AvgIpc) is 2.25. The van der Waals surface area contributed by atoms with E-state index < -0.39 is 0 Å². The molecule has 2 nitrogen and oxygen atoms in total. The Morgan fingerprint density at radius 1 is 1.07 bits per heavy atom. The van der Waals surface area contributed by atoms with Gasteiger partial charge in [0, 0.05) is 5.30 Å². The van der Waals surface area contributed by atoms with Crippen molar-refractivity contribution in [1.29, 1.82) is 0 Å². The number of ether oxygens (including phenoxy) is 2. The highest BCUT2D eigenvalue weighted by molar-refractivity contribution is 7.27. The highest BCUT2D eigenvalue weighted by Crippen LogP contribution is 2.26. The molecule has 0 fully saturated rings. The maximum atomic E-state index is 5.67. The van der Waals surface area contributed by atoms with E-state index in [2.05, 4.69) is 23.1 Å². The Kier molecular flexibility index (Phi) is 5.49. The predicted octanol–water partition coefficient (Wildman–Crippen LogP) is 2.76. The summed E-state index contributed by atoms with van der Waals surface area (Å²) < 4.78 is 11.3. The molecule has 3 heteroatoms. The standard InChI is InChI=1S/C12H19O2P/c1-3-8-13-10-6-5-7-11(15)12(10)14-9-4-2/h5-7H,3-4,8-9,15H2,1-2H3. The molecular weight excluding hydrogens is 207 g/mol. The van der Waals surface area contributed by atoms with Gasteiger partial charge < -0.3 is 9.47 Å². The molecule has 1 unspecified atom stereocenters. The van der Waals surface area contributed by atoms with Crippen LogP contribution in [0.4, 0.5) is 0 Å². The normalized spacial score (nSPS) is 10.1. The molecular formula is C12H19O2P. The van der Waals surface area contributed by atoms with Crippen LogP contribution in [0.1, 0.15) is 26.7 Å². The Morgan fingerprint density at radius 3 is 2.40 bits per heavy atom. The first-order valence-corrected chi connectivity index (χ1v) is 6.01. The van der Waals surface area contributed by atoms with Crippen molar-refractivity contribution in [2.24, 2.45) is 0 Å². The third-order valence-corrected chi connectivity index (χ3v) is 2.38. The lowest BCUT2D eigenvalue weighted by molar-refractivity contribution is 0.270. The summed E-state index contributed by atoms with van der Waals surface area (Å²) in [7, 11) is 2.68. The zero-order valence-corrected chi connectivity index (χ0v) is 10.6. The molecule has 0 saturated carbocycles. The monoisotopic (exact) mass is 226 g/mol. The average molecular weight is 226 g/mol. The molecule has 0 heterocycles. The molecule has 0 aliphatic rings. The van der Waals surface area contributed by atoms with Crippen LogP contribution < -0.4 is 14.8 Å². The second-order valence-electron chi connectivity index (χ2n) is 3.37. The van der Waals surface area contributed by atoms with E-state index >= 15 is 0 Å². The fourth-order valence-corrected chi connectivity index (χ4v) is 1.55. The Labute approximate surface area is 94.2 Å². The fourth-order valence-electron chi connectivity index (χ4n) is 1.22. The predicted molar refractivity (Wildman–Crippen MR) is 67.4 cm³/mol. The van der Waals surface area contributed by atoms with Crippen LogP contribution in [-0.2, 0) is 0 Å². The topological polar surface area (TPSA) is 18.5 Å². The van der Waals surface area contributed by atoms with Gasteiger partial charge in [0.2, 0.25) is 0 Å². The number of benzene rings is 1. The molecule has 1 aromatic rings. The largest absolute Gasteiger partial charge is 0.490 e. The van der Waals surface area contributed by atoms with Gasteiger partial charge in [-0.05, 0) is 18.9 Å². The van der Waals surface area contributed by atoms with Gasteiger partial charge in [-0.15, -0.1) is 9.24 Å². The maximum absolute atomic E-state index is 5.67. The Bertz CT molecular complexity index is 300. The van der Waals surface area contributed by atoms with Gasteiger partial charge in [-0.1, -0.05) is 26.0 Å². The molecule has 0 spiro atoms. The van der Waals surface area contributed by atoms with E-state index in [1.54, 1.807) is 0 Å². The van der Waals surface area contributed by atoms with Crippen molar-refractivity contribution in [2.75, 3.05) is 13.2 Å². The second-order valence-corrected chi connectivity index (χ2v) is 3.99. The molecule has 0 bridgehead atoms. The van der Waals surface area contributed by atoms with Gasteiger partial charge in [0.15, 0.2) is 11.5 Å². The molecule has 0 N–H and O–H groups in total. The minimum atomic E-state index is 0.730. The second kappa shape index (κ2) is 6.68. The summed E-state index contributed by atoms with van der Waals surface area (Å²) in [5, 5.41) is 1.05. The molecule has 15 heavy (non-hydrogen) atoms. The van der Waals surface area contributed by atoms with Gasteiger partial charge in [0.25, 0.3) is 0 Å². The fraction of sp³-hybridized carbons (Fsp3) is 0.500. The van der Waals surface area contributed by atoms with E-state index in [9.17, 15) is 0 Å². The number of hydrogen-bond donors (Lipinski definition) is 0. The first kappa shape index (κ1) is 12.3. The van der Waals surface area contributed by atoms with Crippen molar-refractivity contribution in [3.05, 3.63) is 18.2 Å². The van der Waals surface area contributed by atoms with Crippen molar-refractivity contribution in [3.63, 3.8) is 0 Å². The van der Waals surface area contributed by atoms with Crippen molar-refractivity contribution < 1.29 is 9.47 Å². The minimum absolute atomic E-state index is 0.730. The first-order valence-electron chi connectivity index (χ1n) is 5.43. The molecule has 1 aromatic carbocycles. The Hall–Kier alpha value is -0.750. The van der Waals surface area contributed by atoms with Crippen LogP contribution in [0.25, 0.3) is 0 Å². The summed E-state index contributed by atoms with van der Waals surface area (Å²) in [5.41, 5.74) is 0. The lowest BCUT2D eigenvalue weighted by Gasteiger charge is -2.13. The molecule has 0 aliphatic heterocycles. The van der Waals surface area contributed by atoms with Crippen LogP contribution in [0, 0.1) is 0 Å². The molecule has 0 aromatic heterocycles. The Balaban J connectivity index is 2.77. The molecule has 1 atom stereocenters. The van der Waals surface area contributed by atoms with Crippen molar-refractivity contribution >= 4 is 14.5 Å². The van der Waals surface area contributed by atoms with E-state index in [0.717, 1.165) is 42.9 Å². The highest BCUT2D eigenvalue weighted by atomic mass is 31.0. The van der Waals surface area contributed by atoms with E-state index in [1.165, 1.54) is 0 Å². The lowest BCUT2D eigenvalue weighted by atomic mass is 10.3. The summed E-state index contributed by atoms with van der Waals surface area (Å²) >= 11 is 0. The molecule has 84 valence electrons. The minimum Gasteiger partial charge on any atom is -0.490 e. The van der Waals surface area contributed by atoms with Gasteiger partial charge >= 0.3 is 0 Å². The van der Waals surface area contributed by atoms with E-state index in [1.807, 2.05) is 18.2 Å². The van der Waals surface area contributed by atoms with Crippen LogP contribution in [-0.4, -0.2) is 13.2 Å². The lowest BCUT2D eigenvalue weighted by Crippen LogP contribution is -2.07. The summed E-state index contributed by atoms with van der Waals surface area (Å²) in [6.07, 6.45) is 2.01. The SMILES string of the molecule is CCCOc1cccc(P)c1OCCC. The smallest absolute Gasteiger partial charge is 0.168 e. The molecule has 0 amide bonds. The number of para-hydroxylation sites is 1. The van der Waals surface area contributed by atoms with Gasteiger partial charge in [0.1, 0.15) is 0 Å². The van der Waals surface area contributed by atoms with E-state index in [4.69, 9.17) is 9.47 Å². The quantitative estimate of drug-likeness (QED) is 0.694. The van der Waals surface area contributed by atoms with Gasteiger partial charge in [-0.25, -0.2) is 0 Å². The zero-order chi connectivity index (χ0) is 11.1. The first-order chi connectivity index (χ1) is 7.29. The van der Waals surface area contributed by atoms with Crippen molar-refractivity contribution in [3.8, 4) is 11.5 Å². The van der Waals surface area contributed by atoms with Crippen LogP contribution in [0.5, 0.6) is 11.5 Å². The molecule has 1 rings (SSSR count). The zero-order valence-electron chi connectivity index (χ0n) is 9.45. The van der Waals surface area contributed by atoms with Crippen LogP contribution in [0.15, 0.2) is 18.2 Å². The third-order valence-electron chi connectivity index (χ3n) is 1.92. The highest BCUT2D eigenvalue weighted by Gasteiger charge is 2.07. The summed E-state index contributed by atoms with van der Waals surface area (Å²) in [6, 6.07) is 5.94. The molecule has 0 saturated heterocycles. The number of hydrogen-bond acceptors (Lipinski definition) is 2. The Morgan fingerprint density at radius 2 is 1.73 bits per heavy atom. The van der Waals surface area contributed by atoms with Crippen LogP contribution in [0.3, 0.4) is 0 Å². The van der Waals surface area contributed by atoms with Gasteiger partial charge in [0.05, 0.1) is 13.2 Å². The maximum Gasteiger partial charge on any atom is 0.168 e. The third kappa shape index (κ3) is 3.71. The van der Waals surface area contributed by atoms with Crippen molar-refractivity contribution in [2.45, 2.75) is 26.7 Å². The van der Waals surface area contributed by atoms with Crippen LogP contribution >= 0.6 is 9.24 Å². The van der Waals surface area contributed by atoms with Gasteiger partial charge in [-0.2, -0.15) is 0 Å². The molecule has 0 radical (unpaired) electrons. The summed E-state index contributed by atoms with van der Waals surface area (Å²) in [6.45, 7) is 5.65. The van der Waals surface area contributed by atoms with Crippen molar-refractivity contribution in [1.82, 2.24) is 0 Å².